The maximum atomic E-state index is 13.7. The number of amides is 2. The Hall–Kier alpha value is -9.38. The molecule has 0 atom stereocenters. The normalized spacial score (nSPS) is 12.2. The van der Waals surface area contributed by atoms with E-state index in [2.05, 4.69) is 20.9 Å². The molecular formula is C54H36N4O18S4. The lowest BCUT2D eigenvalue weighted by Crippen LogP contribution is -2.14. The van der Waals surface area contributed by atoms with Gasteiger partial charge in [0.25, 0.3) is 11.8 Å². The van der Waals surface area contributed by atoms with Crippen LogP contribution in [0.2, 0.25) is 0 Å². The van der Waals surface area contributed by atoms with E-state index in [1.807, 2.05) is 0 Å². The maximum Gasteiger partial charge on any atom is 0.446 e. The number of benzene rings is 10. The number of hydrogen-bond donors (Lipinski definition) is 6. The highest BCUT2D eigenvalue weighted by Gasteiger charge is 2.27. The summed E-state index contributed by atoms with van der Waals surface area (Å²) in [5.74, 6) is -3.01. The van der Waals surface area contributed by atoms with Gasteiger partial charge in [0.05, 0.1) is 33.5 Å². The van der Waals surface area contributed by atoms with Gasteiger partial charge < -0.3 is 27.4 Å². The summed E-state index contributed by atoms with van der Waals surface area (Å²) in [6, 6.07) is 46.9. The Morgan fingerprint density at radius 1 is 0.325 bits per heavy atom. The van der Waals surface area contributed by atoms with E-state index in [1.54, 1.807) is 97.1 Å². The fourth-order valence-electron chi connectivity index (χ4n) is 8.85. The van der Waals surface area contributed by atoms with Crippen LogP contribution in [0.1, 0.15) is 20.7 Å². The molecule has 10 rings (SSSR count). The largest absolute Gasteiger partial charge is 0.446 e. The minimum atomic E-state index is -5.16. The molecule has 0 saturated heterocycles. The first-order valence-electron chi connectivity index (χ1n) is 23.0. The Labute approximate surface area is 454 Å². The molecule has 0 radical (unpaired) electrons. The Balaban J connectivity index is 0.811. The molecule has 10 aromatic carbocycles. The Morgan fingerprint density at radius 3 is 0.887 bits per heavy atom. The Morgan fingerprint density at radius 2 is 0.588 bits per heavy atom. The van der Waals surface area contributed by atoms with Crippen LogP contribution in [0.4, 0.5) is 22.7 Å². The molecule has 0 aliphatic rings. The molecule has 0 aliphatic heterocycles. The molecule has 80 heavy (non-hydrogen) atoms. The van der Waals surface area contributed by atoms with Gasteiger partial charge in [-0.1, -0.05) is 121 Å². The van der Waals surface area contributed by atoms with Gasteiger partial charge >= 0.3 is 41.6 Å². The first-order chi connectivity index (χ1) is 37.9. The van der Waals surface area contributed by atoms with Gasteiger partial charge in [-0.2, -0.15) is 43.9 Å². The molecule has 0 unspecified atom stereocenters. The lowest BCUT2D eigenvalue weighted by Gasteiger charge is -2.18. The molecule has 404 valence electrons. The van der Waals surface area contributed by atoms with Crippen molar-refractivity contribution in [1.82, 2.24) is 0 Å². The van der Waals surface area contributed by atoms with Crippen molar-refractivity contribution < 1.29 is 78.2 Å². The lowest BCUT2D eigenvalue weighted by molar-refractivity contribution is 0.101. The number of nitrogens with one attached hydrogen (secondary N) is 2. The van der Waals surface area contributed by atoms with Crippen molar-refractivity contribution in [3.8, 4) is 45.3 Å². The van der Waals surface area contributed by atoms with Gasteiger partial charge in [-0.15, -0.1) is 0 Å². The topological polar surface area (TPSA) is 337 Å². The van der Waals surface area contributed by atoms with Gasteiger partial charge in [0.1, 0.15) is 0 Å². The molecule has 10 aromatic rings. The lowest BCUT2D eigenvalue weighted by atomic mass is 9.99. The summed E-state index contributed by atoms with van der Waals surface area (Å²) in [7, 11) is -20.5. The highest BCUT2D eigenvalue weighted by molar-refractivity contribution is 7.82. The smallest absolute Gasteiger partial charge is 0.360 e. The standard InChI is InChI=1S/C54H36N4O18S4/c59-53(55-45-13-5-11-43-47(45)51(75-79(67,68)69)41-9-3-1-7-39(41)49(43)73-77(61,62)63)35-19-15-31(16-20-35)33-23-27-37(28-24-33)57-58-38-29-25-34(26-30-38)32-17-21-36(22-18-32)54(60)56-46-14-6-12-44-48(46)52(76-80(70,71)72)42-10-4-2-8-40(42)50(44)74-78(64,65)66/h1-30H,(H,55,59)(H,56,60)(H,61,62,63)(H,64,65,66)(H,67,68,69)(H,70,71,72). The minimum absolute atomic E-state index is 0.00262. The van der Waals surface area contributed by atoms with E-state index >= 15 is 0 Å². The summed E-state index contributed by atoms with van der Waals surface area (Å²) in [5, 5.41) is 13.5. The van der Waals surface area contributed by atoms with Gasteiger partial charge in [0.15, 0.2) is 23.0 Å². The first-order valence-corrected chi connectivity index (χ1v) is 28.5. The van der Waals surface area contributed by atoms with E-state index in [9.17, 15) is 61.5 Å². The van der Waals surface area contributed by atoms with E-state index in [0.717, 1.165) is 22.3 Å². The highest BCUT2D eigenvalue weighted by atomic mass is 32.3. The van der Waals surface area contributed by atoms with E-state index in [1.165, 1.54) is 84.9 Å². The molecule has 0 aliphatic carbocycles. The molecule has 0 spiro atoms. The Bertz CT molecular complexity index is 4370. The van der Waals surface area contributed by atoms with Crippen LogP contribution in [0.15, 0.2) is 192 Å². The average Bonchev–Trinajstić information content (AvgIpc) is 3.61. The summed E-state index contributed by atoms with van der Waals surface area (Å²) in [5.41, 5.74) is 4.29. The van der Waals surface area contributed by atoms with Gasteiger partial charge in [-0.05, 0) is 82.9 Å². The molecule has 26 heteroatoms. The number of fused-ring (bicyclic) bond motifs is 4. The van der Waals surface area contributed by atoms with Crippen LogP contribution in [-0.2, 0) is 41.6 Å². The molecular weight excluding hydrogens is 1120 g/mol. The second-order valence-electron chi connectivity index (χ2n) is 17.3. The van der Waals surface area contributed by atoms with Crippen LogP contribution in [0.3, 0.4) is 0 Å². The third-order valence-corrected chi connectivity index (χ3v) is 13.6. The van der Waals surface area contributed by atoms with Gasteiger partial charge in [0.2, 0.25) is 0 Å². The van der Waals surface area contributed by atoms with Crippen molar-refractivity contribution in [2.24, 2.45) is 10.2 Å². The number of hydrogen-bond acceptors (Lipinski definition) is 16. The quantitative estimate of drug-likeness (QED) is 0.0297. The average molecular weight is 1160 g/mol. The molecule has 0 heterocycles. The molecule has 22 nitrogen and oxygen atoms in total. The zero-order valence-corrected chi connectivity index (χ0v) is 43.6. The van der Waals surface area contributed by atoms with Crippen LogP contribution in [0.25, 0.3) is 65.3 Å². The predicted octanol–water partition coefficient (Wildman–Crippen LogP) is 11.3. The van der Waals surface area contributed by atoms with Crippen LogP contribution < -0.4 is 27.4 Å². The third kappa shape index (κ3) is 12.0. The van der Waals surface area contributed by atoms with Crippen molar-refractivity contribution in [2.75, 3.05) is 10.6 Å². The number of carbonyl (C=O) groups is 2. The Kier molecular flexibility index (Phi) is 14.2. The van der Waals surface area contributed by atoms with Crippen LogP contribution in [0, 0.1) is 0 Å². The summed E-state index contributed by atoms with van der Waals surface area (Å²) in [4.78, 5) is 27.3. The van der Waals surface area contributed by atoms with E-state index in [4.69, 9.17) is 16.7 Å². The maximum absolute atomic E-state index is 13.7. The molecule has 6 N–H and O–H groups in total. The minimum Gasteiger partial charge on any atom is -0.360 e. The molecule has 0 fully saturated rings. The second-order valence-corrected chi connectivity index (χ2v) is 21.4. The van der Waals surface area contributed by atoms with Crippen molar-refractivity contribution in [2.45, 2.75) is 0 Å². The number of rotatable bonds is 16. The fourth-order valence-corrected chi connectivity index (χ4v) is 10.4. The van der Waals surface area contributed by atoms with Gasteiger partial charge in [-0.25, -0.2) is 0 Å². The van der Waals surface area contributed by atoms with Gasteiger partial charge in [-0.3, -0.25) is 27.8 Å². The summed E-state index contributed by atoms with van der Waals surface area (Å²) >= 11 is 0. The van der Waals surface area contributed by atoms with Crippen LogP contribution >= 0.6 is 0 Å². The van der Waals surface area contributed by atoms with Crippen molar-refractivity contribution >= 4 is 119 Å². The zero-order chi connectivity index (χ0) is 56.7. The van der Waals surface area contributed by atoms with Crippen molar-refractivity contribution in [3.63, 3.8) is 0 Å². The predicted molar refractivity (Wildman–Crippen MR) is 295 cm³/mol. The van der Waals surface area contributed by atoms with Crippen LogP contribution in [0.5, 0.6) is 23.0 Å². The SMILES string of the molecule is O=C(Nc1cccc2c(OS(=O)(=O)O)c3ccccc3c(OS(=O)(=O)O)c12)c1ccc(-c2ccc(N=Nc3ccc(-c4ccc(C(=O)Nc5cccc6c(OS(=O)(=O)O)c7ccccc7c(OS(=O)(=O)O)c56)cc4)cc3)cc2)cc1. The number of anilines is 2. The molecule has 2 amide bonds. The third-order valence-electron chi connectivity index (χ3n) is 12.1. The van der Waals surface area contributed by atoms with Crippen molar-refractivity contribution in [3.05, 3.63) is 193 Å². The summed E-state index contributed by atoms with van der Waals surface area (Å²) in [6.45, 7) is 0. The zero-order valence-electron chi connectivity index (χ0n) is 40.4. The number of carbonyl (C=O) groups excluding carboxylic acids is 2. The van der Waals surface area contributed by atoms with Crippen LogP contribution in [-0.4, -0.2) is 63.7 Å². The van der Waals surface area contributed by atoms with E-state index in [-0.39, 0.29) is 65.6 Å². The molecule has 0 aromatic heterocycles. The monoisotopic (exact) mass is 1160 g/mol. The van der Waals surface area contributed by atoms with E-state index in [0.29, 0.717) is 11.4 Å². The van der Waals surface area contributed by atoms with Crippen molar-refractivity contribution in [1.29, 1.82) is 0 Å². The van der Waals surface area contributed by atoms with E-state index < -0.39 is 76.4 Å². The number of nitrogens with zero attached hydrogens (tertiary/aromatic N) is 2. The number of azo groups is 1. The first kappa shape index (κ1) is 54.0. The molecule has 0 saturated carbocycles. The summed E-state index contributed by atoms with van der Waals surface area (Å²) < 4.78 is 154. The highest BCUT2D eigenvalue weighted by Crippen LogP contribution is 2.48. The van der Waals surface area contributed by atoms with Gasteiger partial charge in [0, 0.05) is 43.4 Å². The summed E-state index contributed by atoms with van der Waals surface area (Å²) in [6.07, 6.45) is 0. The second kappa shape index (κ2) is 21.1. The molecule has 0 bridgehead atoms. The fraction of sp³-hybridized carbons (Fsp3) is 0.